The van der Waals surface area contributed by atoms with Crippen LogP contribution in [0, 0.1) is 0 Å². The number of fused-ring (bicyclic) bond motifs is 1. The van der Waals surface area contributed by atoms with Gasteiger partial charge in [-0.05, 0) is 37.8 Å². The number of hydrogen-bond acceptors (Lipinski definition) is 10. The summed E-state index contributed by atoms with van der Waals surface area (Å²) in [4.78, 5) is 118. The average Bonchev–Trinajstić information content (AvgIpc) is 3.60. The van der Waals surface area contributed by atoms with Crippen molar-refractivity contribution < 1.29 is 53.4 Å². The summed E-state index contributed by atoms with van der Waals surface area (Å²) in [6, 6.07) is -0.151. The first-order valence-corrected chi connectivity index (χ1v) is 20.4. The van der Waals surface area contributed by atoms with Crippen LogP contribution in [0.2, 0.25) is 0 Å². The number of unbranched alkanes of at least 4 members (excludes halogenated alkanes) is 6. The lowest BCUT2D eigenvalue weighted by Gasteiger charge is -2.26. The molecule has 0 radical (unpaired) electrons. The van der Waals surface area contributed by atoms with E-state index in [1.807, 2.05) is 18.2 Å². The van der Waals surface area contributed by atoms with Gasteiger partial charge in [0.05, 0.1) is 25.5 Å². The topological polar surface area (TPSA) is 320 Å². The third kappa shape index (κ3) is 16.3. The van der Waals surface area contributed by atoms with Crippen molar-refractivity contribution in [3.05, 3.63) is 36.0 Å². The minimum atomic E-state index is -1.91. The first-order chi connectivity index (χ1) is 28.6. The van der Waals surface area contributed by atoms with E-state index in [2.05, 4.69) is 49.1 Å². The molecule has 1 aliphatic heterocycles. The Morgan fingerprint density at radius 3 is 2.10 bits per heavy atom. The first-order valence-electron chi connectivity index (χ1n) is 20.4. The van der Waals surface area contributed by atoms with Crippen molar-refractivity contribution in [3.8, 4) is 0 Å². The smallest absolute Gasteiger partial charge is 0.305 e. The van der Waals surface area contributed by atoms with E-state index in [4.69, 9.17) is 5.73 Å². The second kappa shape index (κ2) is 24.8. The minimum absolute atomic E-state index is 0.0199. The Bertz CT molecular complexity index is 1830. The summed E-state index contributed by atoms with van der Waals surface area (Å²) in [5, 5.41) is 37.5. The van der Waals surface area contributed by atoms with Crippen LogP contribution in [0.1, 0.15) is 96.5 Å². The van der Waals surface area contributed by atoms with E-state index in [0.29, 0.717) is 31.4 Å². The monoisotopic (exact) mass is 841 g/mol. The molecule has 2 heterocycles. The van der Waals surface area contributed by atoms with Crippen LogP contribution >= 0.6 is 0 Å². The average molecular weight is 842 g/mol. The molecule has 0 saturated carbocycles. The highest BCUT2D eigenvalue weighted by Crippen LogP contribution is 2.20. The first kappa shape index (κ1) is 48.3. The lowest BCUT2D eigenvalue weighted by Crippen LogP contribution is -2.61. The highest BCUT2D eigenvalue weighted by Gasteiger charge is 2.35. The molecule has 0 aliphatic carbocycles. The van der Waals surface area contributed by atoms with Crippen LogP contribution in [-0.2, 0) is 49.6 Å². The molecule has 6 atom stereocenters. The Labute approximate surface area is 347 Å². The number of H-pyrrole nitrogens is 1. The highest BCUT2D eigenvalue weighted by atomic mass is 16.4. The lowest BCUT2D eigenvalue weighted by atomic mass is 10.0. The van der Waals surface area contributed by atoms with E-state index < -0.39 is 103 Å². The van der Waals surface area contributed by atoms with E-state index in [1.165, 1.54) is 0 Å². The number of aromatic amines is 1. The van der Waals surface area contributed by atoms with Crippen molar-refractivity contribution in [1.29, 1.82) is 0 Å². The van der Waals surface area contributed by atoms with E-state index in [0.717, 1.165) is 56.4 Å². The zero-order valence-corrected chi connectivity index (χ0v) is 34.1. The summed E-state index contributed by atoms with van der Waals surface area (Å²) in [7, 11) is 0. The molecule has 1 unspecified atom stereocenters. The molecule has 1 aromatic heterocycles. The molecule has 12 N–H and O–H groups in total. The molecule has 3 rings (SSSR count). The predicted molar refractivity (Wildman–Crippen MR) is 217 cm³/mol. The van der Waals surface area contributed by atoms with Crippen LogP contribution in [-0.4, -0.2) is 118 Å². The molecular formula is C40H59N9O11. The summed E-state index contributed by atoms with van der Waals surface area (Å²) >= 11 is 0. The molecule has 1 saturated heterocycles. The number of aliphatic carboxylic acids is 1. The number of carboxylic acids is 1. The van der Waals surface area contributed by atoms with E-state index in [1.54, 1.807) is 12.3 Å². The molecule has 1 aromatic carbocycles. The molecule has 1 fully saturated rings. The summed E-state index contributed by atoms with van der Waals surface area (Å²) in [5.41, 5.74) is 6.87. The molecule has 60 heavy (non-hydrogen) atoms. The van der Waals surface area contributed by atoms with Gasteiger partial charge in [0.2, 0.25) is 47.3 Å². The van der Waals surface area contributed by atoms with E-state index in [9.17, 15) is 53.4 Å². The number of carbonyl (C=O) groups is 9. The van der Waals surface area contributed by atoms with Crippen molar-refractivity contribution in [2.24, 2.45) is 5.73 Å². The lowest BCUT2D eigenvalue weighted by molar-refractivity contribution is -0.142. The van der Waals surface area contributed by atoms with Crippen LogP contribution in [0.15, 0.2) is 30.5 Å². The Morgan fingerprint density at radius 2 is 1.45 bits per heavy atom. The fraction of sp³-hybridized carbons (Fsp3) is 0.575. The SMILES string of the molecule is CCCCCCCCCC(=O)N[C@@H](Cc1c[nH]c2ccccc12)C(=O)N[C@@H](CC(N)=O)C(=O)N[C@@H](CC(=O)O)C(=O)N[C@H](C(=O)NCC(=O)NC1CCCNC1=O)[C@@H](C)O. The number of aromatic nitrogens is 1. The number of piperidine rings is 1. The number of rotatable bonds is 26. The standard InChI is InChI=1S/C40H59N9O11/c1-3-4-5-6-7-8-9-16-32(52)46-28(18-24-21-43-26-14-11-10-13-25(24)26)37(57)47-29(19-31(41)51)38(58)48-30(20-34(54)55)39(59)49-35(23(2)50)40(60)44-22-33(53)45-27-15-12-17-42-36(27)56/h10-11,13-14,21,23,27-30,35,43,50H,3-9,12,15-20,22H2,1-2H3,(H2,41,51)(H,42,56)(H,44,60)(H,45,53)(H,46,52)(H,47,57)(H,48,58)(H,49,59)(H,54,55)/t23-,27?,28+,29+,30+,35+/m1/s1. The Balaban J connectivity index is 1.72. The van der Waals surface area contributed by atoms with Crippen molar-refractivity contribution in [1.82, 2.24) is 42.2 Å². The molecule has 20 heteroatoms. The number of carboxylic acid groups (broad SMARTS) is 1. The van der Waals surface area contributed by atoms with Crippen molar-refractivity contribution >= 4 is 64.1 Å². The number of hydrogen-bond donors (Lipinski definition) is 11. The van der Waals surface area contributed by atoms with Gasteiger partial charge < -0.3 is 58.1 Å². The van der Waals surface area contributed by atoms with Gasteiger partial charge in [-0.3, -0.25) is 43.2 Å². The number of nitrogens with two attached hydrogens (primary N) is 1. The van der Waals surface area contributed by atoms with Gasteiger partial charge >= 0.3 is 5.97 Å². The summed E-state index contributed by atoms with van der Waals surface area (Å²) in [6.07, 6.45) is 6.22. The molecule has 8 amide bonds. The molecular weight excluding hydrogens is 782 g/mol. The van der Waals surface area contributed by atoms with E-state index in [-0.39, 0.29) is 18.7 Å². The summed E-state index contributed by atoms with van der Waals surface area (Å²) < 4.78 is 0. The van der Waals surface area contributed by atoms with Crippen LogP contribution < -0.4 is 43.0 Å². The third-order valence-corrected chi connectivity index (χ3v) is 9.91. The predicted octanol–water partition coefficient (Wildman–Crippen LogP) is -0.968. The van der Waals surface area contributed by atoms with Gasteiger partial charge in [0.25, 0.3) is 0 Å². The Morgan fingerprint density at radius 1 is 0.817 bits per heavy atom. The van der Waals surface area contributed by atoms with Gasteiger partial charge in [0.1, 0.15) is 30.2 Å². The normalized spacial score (nSPS) is 16.2. The molecule has 0 spiro atoms. The van der Waals surface area contributed by atoms with Crippen LogP contribution in [0.25, 0.3) is 10.9 Å². The zero-order chi connectivity index (χ0) is 44.2. The molecule has 1 aliphatic rings. The maximum Gasteiger partial charge on any atom is 0.305 e. The summed E-state index contributed by atoms with van der Waals surface area (Å²) in [5.74, 6) is -8.46. The quantitative estimate of drug-likeness (QED) is 0.0512. The molecule has 20 nitrogen and oxygen atoms in total. The Kier molecular flexibility index (Phi) is 20.0. The maximum absolute atomic E-state index is 13.9. The van der Waals surface area contributed by atoms with Crippen LogP contribution in [0.4, 0.5) is 0 Å². The van der Waals surface area contributed by atoms with Crippen molar-refractivity contribution in [2.75, 3.05) is 13.1 Å². The Hall–Kier alpha value is -6.05. The number of aliphatic hydroxyl groups is 1. The van der Waals surface area contributed by atoms with Gasteiger partial charge in [-0.15, -0.1) is 0 Å². The molecule has 0 bridgehead atoms. The van der Waals surface area contributed by atoms with E-state index >= 15 is 0 Å². The van der Waals surface area contributed by atoms with Crippen LogP contribution in [0.5, 0.6) is 0 Å². The number of nitrogens with one attached hydrogen (secondary N) is 8. The van der Waals surface area contributed by atoms with Gasteiger partial charge in [-0.25, -0.2) is 0 Å². The number of benzene rings is 1. The van der Waals surface area contributed by atoms with Crippen molar-refractivity contribution in [3.63, 3.8) is 0 Å². The number of amides is 8. The van der Waals surface area contributed by atoms with Gasteiger partial charge in [-0.1, -0.05) is 63.6 Å². The second-order valence-electron chi connectivity index (χ2n) is 14.9. The largest absolute Gasteiger partial charge is 0.481 e. The number of aliphatic hydroxyl groups excluding tert-OH is 1. The molecule has 2 aromatic rings. The maximum atomic E-state index is 13.9. The van der Waals surface area contributed by atoms with Crippen molar-refractivity contribution in [2.45, 2.75) is 134 Å². The number of carbonyl (C=O) groups excluding carboxylic acids is 8. The van der Waals surface area contributed by atoms with Gasteiger partial charge in [0, 0.05) is 36.5 Å². The minimum Gasteiger partial charge on any atom is -0.481 e. The van der Waals surface area contributed by atoms with Gasteiger partial charge in [-0.2, -0.15) is 0 Å². The number of primary amides is 1. The second-order valence-corrected chi connectivity index (χ2v) is 14.9. The fourth-order valence-electron chi connectivity index (χ4n) is 6.67. The highest BCUT2D eigenvalue weighted by molar-refractivity contribution is 5.99. The molecule has 330 valence electrons. The zero-order valence-electron chi connectivity index (χ0n) is 34.1. The summed E-state index contributed by atoms with van der Waals surface area (Å²) in [6.45, 7) is 3.10. The third-order valence-electron chi connectivity index (χ3n) is 9.91. The van der Waals surface area contributed by atoms with Crippen LogP contribution in [0.3, 0.4) is 0 Å². The van der Waals surface area contributed by atoms with Gasteiger partial charge in [0.15, 0.2) is 0 Å². The fourth-order valence-corrected chi connectivity index (χ4v) is 6.67. The number of para-hydroxylation sites is 1.